The van der Waals surface area contributed by atoms with Gasteiger partial charge in [0, 0.05) is 25.0 Å². The first-order valence-corrected chi connectivity index (χ1v) is 12.3. The van der Waals surface area contributed by atoms with Crippen LogP contribution in [0.2, 0.25) is 0 Å². The fourth-order valence-electron chi connectivity index (χ4n) is 3.65. The average molecular weight is 497 g/mol. The number of rotatable bonds is 9. The van der Waals surface area contributed by atoms with Crippen LogP contribution < -0.4 is 4.74 Å². The Hall–Kier alpha value is -3.39. The van der Waals surface area contributed by atoms with E-state index in [1.807, 2.05) is 80.7 Å². The lowest BCUT2D eigenvalue weighted by Crippen LogP contribution is -2.47. The zero-order chi connectivity index (χ0) is 25.4. The Bertz CT molecular complexity index is 1080. The van der Waals surface area contributed by atoms with Crippen LogP contribution in [0, 0.1) is 0 Å². The summed E-state index contributed by atoms with van der Waals surface area (Å²) in [5.74, 6) is 0.274. The van der Waals surface area contributed by atoms with Crippen molar-refractivity contribution >= 4 is 23.4 Å². The van der Waals surface area contributed by atoms with Crippen molar-refractivity contribution in [3.05, 3.63) is 82.3 Å². The van der Waals surface area contributed by atoms with Gasteiger partial charge >= 0.3 is 12.1 Å². The summed E-state index contributed by atoms with van der Waals surface area (Å²) in [7, 11) is 1.61. The number of methoxy groups -OCH3 is 1. The molecule has 0 spiro atoms. The molecule has 0 unspecified atom stereocenters. The van der Waals surface area contributed by atoms with E-state index in [-0.39, 0.29) is 6.54 Å². The molecule has 0 radical (unpaired) electrons. The summed E-state index contributed by atoms with van der Waals surface area (Å²) < 4.78 is 16.9. The minimum Gasteiger partial charge on any atom is -0.497 e. The van der Waals surface area contributed by atoms with E-state index in [0.29, 0.717) is 11.4 Å². The SMILES string of the molecule is COc1ccc(CN(C(=O)OC(C)(C)C)[C@@H](Cc2ccccc2)[C@H](OC(C)=O)c2nccs2)cc1. The van der Waals surface area contributed by atoms with Gasteiger partial charge in [0.15, 0.2) is 6.10 Å². The molecule has 0 bridgehead atoms. The van der Waals surface area contributed by atoms with Gasteiger partial charge in [-0.1, -0.05) is 42.5 Å². The van der Waals surface area contributed by atoms with Gasteiger partial charge in [-0.25, -0.2) is 9.78 Å². The molecular weight excluding hydrogens is 464 g/mol. The van der Waals surface area contributed by atoms with E-state index in [4.69, 9.17) is 14.2 Å². The lowest BCUT2D eigenvalue weighted by Gasteiger charge is -2.37. The Labute approximate surface area is 210 Å². The summed E-state index contributed by atoms with van der Waals surface area (Å²) in [5.41, 5.74) is 1.18. The van der Waals surface area contributed by atoms with Crippen molar-refractivity contribution in [1.29, 1.82) is 0 Å². The molecule has 0 saturated heterocycles. The number of carbonyl (C=O) groups excluding carboxylic acids is 2. The number of benzene rings is 2. The van der Waals surface area contributed by atoms with Gasteiger partial charge in [-0.3, -0.25) is 9.69 Å². The van der Waals surface area contributed by atoms with Crippen LogP contribution >= 0.6 is 11.3 Å². The Morgan fingerprint density at radius 2 is 1.71 bits per heavy atom. The van der Waals surface area contributed by atoms with Crippen LogP contribution in [0.5, 0.6) is 5.75 Å². The van der Waals surface area contributed by atoms with Crippen molar-refractivity contribution in [2.45, 2.75) is 58.4 Å². The number of hydrogen-bond acceptors (Lipinski definition) is 7. The van der Waals surface area contributed by atoms with Crippen molar-refractivity contribution in [2.75, 3.05) is 7.11 Å². The molecule has 0 saturated carbocycles. The lowest BCUT2D eigenvalue weighted by molar-refractivity contribution is -0.150. The van der Waals surface area contributed by atoms with Crippen LogP contribution in [0.4, 0.5) is 4.79 Å². The fourth-order valence-corrected chi connectivity index (χ4v) is 4.37. The smallest absolute Gasteiger partial charge is 0.410 e. The number of amides is 1. The topological polar surface area (TPSA) is 78.0 Å². The highest BCUT2D eigenvalue weighted by Crippen LogP contribution is 2.32. The maximum atomic E-state index is 13.6. The van der Waals surface area contributed by atoms with Crippen LogP contribution in [-0.2, 0) is 27.2 Å². The summed E-state index contributed by atoms with van der Waals surface area (Å²) >= 11 is 1.38. The molecule has 1 aromatic heterocycles. The second-order valence-electron chi connectivity index (χ2n) is 9.11. The van der Waals surface area contributed by atoms with Gasteiger partial charge in [0.05, 0.1) is 13.2 Å². The van der Waals surface area contributed by atoms with Crippen LogP contribution in [0.3, 0.4) is 0 Å². The van der Waals surface area contributed by atoms with Gasteiger partial charge in [0.25, 0.3) is 0 Å². The Kier molecular flexibility index (Phi) is 8.87. The molecule has 35 heavy (non-hydrogen) atoms. The largest absolute Gasteiger partial charge is 0.497 e. The molecule has 0 aliphatic carbocycles. The third kappa shape index (κ3) is 7.82. The Balaban J connectivity index is 2.08. The second kappa shape index (κ2) is 11.8. The number of esters is 1. The van der Waals surface area contributed by atoms with E-state index < -0.39 is 29.8 Å². The molecule has 186 valence electrons. The predicted octanol–water partition coefficient (Wildman–Crippen LogP) is 5.80. The normalized spacial score (nSPS) is 12.9. The summed E-state index contributed by atoms with van der Waals surface area (Å²) in [4.78, 5) is 31.8. The Morgan fingerprint density at radius 3 is 2.26 bits per heavy atom. The summed E-state index contributed by atoms with van der Waals surface area (Å²) in [6, 6.07) is 16.7. The maximum absolute atomic E-state index is 13.6. The number of aromatic nitrogens is 1. The highest BCUT2D eigenvalue weighted by molar-refractivity contribution is 7.09. The number of thiazole rings is 1. The predicted molar refractivity (Wildman–Crippen MR) is 135 cm³/mol. The Morgan fingerprint density at radius 1 is 1.03 bits per heavy atom. The van der Waals surface area contributed by atoms with Crippen LogP contribution in [0.1, 0.15) is 49.9 Å². The molecular formula is C27H32N2O5S. The highest BCUT2D eigenvalue weighted by atomic mass is 32.1. The van der Waals surface area contributed by atoms with Crippen molar-refractivity contribution in [3.8, 4) is 5.75 Å². The quantitative estimate of drug-likeness (QED) is 0.348. The molecule has 2 atom stereocenters. The fraction of sp³-hybridized carbons (Fsp3) is 0.370. The molecule has 8 heteroatoms. The molecule has 0 fully saturated rings. The van der Waals surface area contributed by atoms with Crippen molar-refractivity contribution in [3.63, 3.8) is 0 Å². The van der Waals surface area contributed by atoms with Crippen LogP contribution in [0.15, 0.2) is 66.2 Å². The minimum atomic E-state index is -0.765. The van der Waals surface area contributed by atoms with E-state index in [9.17, 15) is 9.59 Å². The van der Waals surface area contributed by atoms with Crippen LogP contribution in [0.25, 0.3) is 0 Å². The molecule has 0 N–H and O–H groups in total. The van der Waals surface area contributed by atoms with Crippen molar-refractivity contribution < 1.29 is 23.8 Å². The molecule has 1 amide bonds. The summed E-state index contributed by atoms with van der Waals surface area (Å²) in [6.07, 6.45) is 0.840. The summed E-state index contributed by atoms with van der Waals surface area (Å²) in [5, 5.41) is 2.44. The number of carbonyl (C=O) groups is 2. The second-order valence-corrected chi connectivity index (χ2v) is 10.0. The molecule has 7 nitrogen and oxygen atoms in total. The minimum absolute atomic E-state index is 0.250. The van der Waals surface area contributed by atoms with E-state index in [1.165, 1.54) is 18.3 Å². The highest BCUT2D eigenvalue weighted by Gasteiger charge is 2.38. The van der Waals surface area contributed by atoms with Gasteiger partial charge in [-0.2, -0.15) is 0 Å². The maximum Gasteiger partial charge on any atom is 0.410 e. The van der Waals surface area contributed by atoms with Gasteiger partial charge in [0.1, 0.15) is 16.4 Å². The third-order valence-electron chi connectivity index (χ3n) is 5.17. The first-order valence-electron chi connectivity index (χ1n) is 11.4. The number of hydrogen-bond donors (Lipinski definition) is 0. The number of nitrogens with zero attached hydrogens (tertiary/aromatic N) is 2. The van der Waals surface area contributed by atoms with Crippen LogP contribution in [-0.4, -0.2) is 40.7 Å². The summed E-state index contributed by atoms with van der Waals surface area (Å²) in [6.45, 7) is 7.09. The van der Waals surface area contributed by atoms with E-state index in [2.05, 4.69) is 4.98 Å². The van der Waals surface area contributed by atoms with Gasteiger partial charge < -0.3 is 14.2 Å². The molecule has 3 rings (SSSR count). The van der Waals surface area contributed by atoms with E-state index >= 15 is 0 Å². The zero-order valence-corrected chi connectivity index (χ0v) is 21.6. The van der Waals surface area contributed by atoms with E-state index in [1.54, 1.807) is 18.2 Å². The molecule has 3 aromatic rings. The zero-order valence-electron chi connectivity index (χ0n) is 20.8. The monoisotopic (exact) mass is 496 g/mol. The lowest BCUT2D eigenvalue weighted by atomic mass is 9.99. The first-order chi connectivity index (χ1) is 16.7. The molecule has 0 aliphatic heterocycles. The molecule has 1 heterocycles. The first kappa shape index (κ1) is 26.2. The van der Waals surface area contributed by atoms with Crippen molar-refractivity contribution in [2.24, 2.45) is 0 Å². The van der Waals surface area contributed by atoms with Gasteiger partial charge in [0.2, 0.25) is 0 Å². The standard InChI is InChI=1S/C27H32N2O5S/c1-19(30)33-24(25-28-15-16-35-25)23(17-20-9-7-6-8-10-20)29(26(31)34-27(2,3)4)18-21-11-13-22(32-5)14-12-21/h6-16,23-24H,17-18H2,1-5H3/t23-,24-/m0/s1. The average Bonchev–Trinajstić information content (AvgIpc) is 3.34. The molecule has 0 aliphatic rings. The van der Waals surface area contributed by atoms with Gasteiger partial charge in [-0.05, 0) is 50.5 Å². The van der Waals surface area contributed by atoms with Gasteiger partial charge in [-0.15, -0.1) is 11.3 Å². The van der Waals surface area contributed by atoms with E-state index in [0.717, 1.165) is 16.9 Å². The third-order valence-corrected chi connectivity index (χ3v) is 6.00. The molecule has 2 aromatic carbocycles. The van der Waals surface area contributed by atoms with Crippen molar-refractivity contribution in [1.82, 2.24) is 9.88 Å². The number of ether oxygens (including phenoxy) is 3.